The Morgan fingerprint density at radius 1 is 1.53 bits per heavy atom. The fourth-order valence-corrected chi connectivity index (χ4v) is 2.62. The van der Waals surface area contributed by atoms with Crippen LogP contribution < -0.4 is 10.1 Å². The van der Waals surface area contributed by atoms with Crippen molar-refractivity contribution in [1.82, 2.24) is 5.32 Å². The van der Waals surface area contributed by atoms with E-state index in [1.807, 2.05) is 13.1 Å². The molecule has 0 radical (unpaired) electrons. The van der Waals surface area contributed by atoms with Crippen LogP contribution in [0.5, 0.6) is 5.75 Å². The average Bonchev–Trinajstić information content (AvgIpc) is 2.98. The molecular weight excluding hydrogens is 254 g/mol. The number of methoxy groups -OCH3 is 1. The molecule has 0 saturated heterocycles. The van der Waals surface area contributed by atoms with Crippen LogP contribution in [-0.2, 0) is 0 Å². The molecular formula is C12H16BrNO. The minimum atomic E-state index is 0.736. The van der Waals surface area contributed by atoms with Crippen LogP contribution in [0, 0.1) is 5.92 Å². The summed E-state index contributed by atoms with van der Waals surface area (Å²) in [5, 5.41) is 3.23. The van der Waals surface area contributed by atoms with Gasteiger partial charge in [0.2, 0.25) is 0 Å². The van der Waals surface area contributed by atoms with Crippen LogP contribution in [0.1, 0.15) is 17.9 Å². The quantitative estimate of drug-likeness (QED) is 0.908. The third kappa shape index (κ3) is 2.34. The van der Waals surface area contributed by atoms with Crippen LogP contribution in [0.4, 0.5) is 0 Å². The Bertz CT molecular complexity index is 353. The van der Waals surface area contributed by atoms with Crippen LogP contribution in [0.25, 0.3) is 0 Å². The molecule has 2 unspecified atom stereocenters. The second-order valence-electron chi connectivity index (χ2n) is 4.05. The Balaban J connectivity index is 2.08. The van der Waals surface area contributed by atoms with Crippen molar-refractivity contribution in [2.24, 2.45) is 5.92 Å². The Morgan fingerprint density at radius 3 is 2.93 bits per heavy atom. The summed E-state index contributed by atoms with van der Waals surface area (Å²) in [5.41, 5.74) is 1.42. The minimum Gasteiger partial charge on any atom is -0.496 e. The molecule has 0 amide bonds. The molecule has 15 heavy (non-hydrogen) atoms. The Kier molecular flexibility index (Phi) is 3.32. The topological polar surface area (TPSA) is 21.3 Å². The van der Waals surface area contributed by atoms with E-state index in [1.165, 1.54) is 12.0 Å². The van der Waals surface area contributed by atoms with Gasteiger partial charge in [-0.2, -0.15) is 0 Å². The standard InChI is InChI=1S/C12H16BrNO/c1-14-7-9-5-10(9)8-3-4-12(15-2)11(13)6-8/h3-4,6,9-10,14H,5,7H2,1-2H3. The van der Waals surface area contributed by atoms with Gasteiger partial charge in [0.1, 0.15) is 5.75 Å². The van der Waals surface area contributed by atoms with Crippen molar-refractivity contribution in [1.29, 1.82) is 0 Å². The summed E-state index contributed by atoms with van der Waals surface area (Å²) in [6, 6.07) is 6.39. The van der Waals surface area contributed by atoms with Crippen molar-refractivity contribution in [3.8, 4) is 5.75 Å². The molecule has 0 bridgehead atoms. The molecule has 2 rings (SSSR count). The predicted molar refractivity (Wildman–Crippen MR) is 65.5 cm³/mol. The lowest BCUT2D eigenvalue weighted by Crippen LogP contribution is -2.10. The lowest BCUT2D eigenvalue weighted by atomic mass is 10.1. The zero-order chi connectivity index (χ0) is 10.8. The average molecular weight is 270 g/mol. The highest BCUT2D eigenvalue weighted by Gasteiger charge is 2.37. The maximum absolute atomic E-state index is 5.22. The molecule has 82 valence electrons. The predicted octanol–water partition coefficient (Wildman–Crippen LogP) is 2.78. The summed E-state index contributed by atoms with van der Waals surface area (Å²) in [4.78, 5) is 0. The smallest absolute Gasteiger partial charge is 0.133 e. The van der Waals surface area contributed by atoms with Gasteiger partial charge in [-0.15, -0.1) is 0 Å². The number of ether oxygens (including phenoxy) is 1. The summed E-state index contributed by atoms with van der Waals surface area (Å²) in [6.07, 6.45) is 1.31. The highest BCUT2D eigenvalue weighted by molar-refractivity contribution is 9.10. The molecule has 1 saturated carbocycles. The molecule has 3 heteroatoms. The van der Waals surface area contributed by atoms with Crippen LogP contribution in [-0.4, -0.2) is 20.7 Å². The van der Waals surface area contributed by atoms with Crippen molar-refractivity contribution >= 4 is 15.9 Å². The first-order chi connectivity index (χ1) is 7.26. The van der Waals surface area contributed by atoms with Crippen LogP contribution >= 0.6 is 15.9 Å². The fourth-order valence-electron chi connectivity index (χ4n) is 2.06. The molecule has 0 aromatic heterocycles. The zero-order valence-electron chi connectivity index (χ0n) is 9.09. The molecule has 1 aromatic carbocycles. The van der Waals surface area contributed by atoms with Gasteiger partial charge in [0.25, 0.3) is 0 Å². The van der Waals surface area contributed by atoms with Gasteiger partial charge in [-0.25, -0.2) is 0 Å². The SMILES string of the molecule is CNCC1CC1c1ccc(OC)c(Br)c1. The number of nitrogens with one attached hydrogen (secondary N) is 1. The molecule has 2 nitrogen and oxygen atoms in total. The first kappa shape index (κ1) is 11.0. The number of rotatable bonds is 4. The lowest BCUT2D eigenvalue weighted by Gasteiger charge is -2.06. The van der Waals surface area contributed by atoms with Crippen LogP contribution in [0.3, 0.4) is 0 Å². The normalized spacial score (nSPS) is 23.9. The first-order valence-electron chi connectivity index (χ1n) is 5.24. The molecule has 0 heterocycles. The van der Waals surface area contributed by atoms with Crippen molar-refractivity contribution in [3.63, 3.8) is 0 Å². The third-order valence-electron chi connectivity index (χ3n) is 2.99. The molecule has 0 spiro atoms. The van der Waals surface area contributed by atoms with E-state index in [0.717, 1.165) is 28.6 Å². The van der Waals surface area contributed by atoms with Gasteiger partial charge in [-0.1, -0.05) is 6.07 Å². The Labute approximate surface area is 99.1 Å². The van der Waals surface area contributed by atoms with Crippen molar-refractivity contribution in [2.45, 2.75) is 12.3 Å². The van der Waals surface area contributed by atoms with Crippen LogP contribution in [0.15, 0.2) is 22.7 Å². The minimum absolute atomic E-state index is 0.736. The van der Waals surface area contributed by atoms with Crippen LogP contribution in [0.2, 0.25) is 0 Å². The number of halogens is 1. The number of hydrogen-bond donors (Lipinski definition) is 1. The summed E-state index contributed by atoms with van der Waals surface area (Å²) in [5.74, 6) is 2.46. The Hall–Kier alpha value is -0.540. The summed E-state index contributed by atoms with van der Waals surface area (Å²) >= 11 is 3.52. The van der Waals surface area contributed by atoms with Gasteiger partial charge in [0, 0.05) is 0 Å². The van der Waals surface area contributed by atoms with Gasteiger partial charge in [0.15, 0.2) is 0 Å². The van der Waals surface area contributed by atoms with Gasteiger partial charge >= 0.3 is 0 Å². The monoisotopic (exact) mass is 269 g/mol. The molecule has 1 fully saturated rings. The molecule has 2 atom stereocenters. The van der Waals surface area contributed by atoms with E-state index in [4.69, 9.17) is 4.74 Å². The van der Waals surface area contributed by atoms with E-state index < -0.39 is 0 Å². The van der Waals surface area contributed by atoms with Gasteiger partial charge in [-0.3, -0.25) is 0 Å². The highest BCUT2D eigenvalue weighted by Crippen LogP contribution is 2.48. The second-order valence-corrected chi connectivity index (χ2v) is 4.91. The summed E-state index contributed by atoms with van der Waals surface area (Å²) < 4.78 is 6.27. The molecule has 1 aromatic rings. The number of benzene rings is 1. The van der Waals surface area contributed by atoms with Gasteiger partial charge < -0.3 is 10.1 Å². The molecule has 1 N–H and O–H groups in total. The Morgan fingerprint density at radius 2 is 2.33 bits per heavy atom. The fraction of sp³-hybridized carbons (Fsp3) is 0.500. The molecule has 1 aliphatic carbocycles. The highest BCUT2D eigenvalue weighted by atomic mass is 79.9. The third-order valence-corrected chi connectivity index (χ3v) is 3.61. The summed E-state index contributed by atoms with van der Waals surface area (Å²) in [6.45, 7) is 1.12. The zero-order valence-corrected chi connectivity index (χ0v) is 10.7. The van der Waals surface area contributed by atoms with Crippen molar-refractivity contribution in [2.75, 3.05) is 20.7 Å². The van der Waals surface area contributed by atoms with E-state index in [2.05, 4.69) is 33.4 Å². The second kappa shape index (κ2) is 4.54. The van der Waals surface area contributed by atoms with Crippen molar-refractivity contribution < 1.29 is 4.74 Å². The number of hydrogen-bond acceptors (Lipinski definition) is 2. The van der Waals surface area contributed by atoms with E-state index in [0.29, 0.717) is 0 Å². The van der Waals surface area contributed by atoms with Crippen molar-refractivity contribution in [3.05, 3.63) is 28.2 Å². The maximum atomic E-state index is 5.22. The summed E-state index contributed by atoms with van der Waals surface area (Å²) in [7, 11) is 3.71. The van der Waals surface area contributed by atoms with E-state index in [-0.39, 0.29) is 0 Å². The lowest BCUT2D eigenvalue weighted by molar-refractivity contribution is 0.412. The largest absolute Gasteiger partial charge is 0.496 e. The first-order valence-corrected chi connectivity index (χ1v) is 6.03. The van der Waals surface area contributed by atoms with Gasteiger partial charge in [0.05, 0.1) is 11.6 Å². The van der Waals surface area contributed by atoms with E-state index >= 15 is 0 Å². The maximum Gasteiger partial charge on any atom is 0.133 e. The molecule has 0 aliphatic heterocycles. The van der Waals surface area contributed by atoms with E-state index in [1.54, 1.807) is 7.11 Å². The molecule has 1 aliphatic rings. The van der Waals surface area contributed by atoms with E-state index in [9.17, 15) is 0 Å². The van der Waals surface area contributed by atoms with Gasteiger partial charge in [-0.05, 0) is 65.5 Å².